The second-order valence-corrected chi connectivity index (χ2v) is 5.74. The first-order valence-corrected chi connectivity index (χ1v) is 7.51. The van der Waals surface area contributed by atoms with Crippen molar-refractivity contribution in [3.63, 3.8) is 0 Å². The largest absolute Gasteiger partial charge is 0.373 e. The van der Waals surface area contributed by atoms with E-state index in [0.717, 1.165) is 23.1 Å². The first-order valence-electron chi connectivity index (χ1n) is 7.51. The Morgan fingerprint density at radius 3 is 2.91 bits per heavy atom. The van der Waals surface area contributed by atoms with Crippen molar-refractivity contribution in [2.24, 2.45) is 13.0 Å². The van der Waals surface area contributed by atoms with Gasteiger partial charge in [0, 0.05) is 31.1 Å². The van der Waals surface area contributed by atoms with Crippen molar-refractivity contribution in [1.82, 2.24) is 14.8 Å². The molecule has 0 spiro atoms. The fourth-order valence-corrected chi connectivity index (χ4v) is 3.05. The second kappa shape index (κ2) is 6.08. The molecule has 0 unspecified atom stereocenters. The fourth-order valence-electron chi connectivity index (χ4n) is 3.05. The van der Waals surface area contributed by atoms with Gasteiger partial charge >= 0.3 is 0 Å². The van der Waals surface area contributed by atoms with E-state index in [1.54, 1.807) is 4.68 Å². The Kier molecular flexibility index (Phi) is 4.12. The summed E-state index contributed by atoms with van der Waals surface area (Å²) in [6, 6.07) is 1.44. The molecule has 3 heterocycles. The summed E-state index contributed by atoms with van der Waals surface area (Å²) >= 11 is 0. The summed E-state index contributed by atoms with van der Waals surface area (Å²) in [7, 11) is 1.86. The molecule has 1 fully saturated rings. The van der Waals surface area contributed by atoms with Crippen molar-refractivity contribution in [3.05, 3.63) is 41.2 Å². The number of aryl methyl sites for hydroxylation is 2. The standard InChI is InChI=1S/C16H19FN4O2/c1-9-14(10(2)21(3)20-9)15-11(5-7-23-15)16(22)19-13-4-6-18-8-12(13)17/h4,6,8,11,15H,5,7H2,1-3H3,(H,18,19,22)/t11-,15-/m0/s1. The predicted molar refractivity (Wildman–Crippen MR) is 82.3 cm³/mol. The van der Waals surface area contributed by atoms with Crippen molar-refractivity contribution in [2.45, 2.75) is 26.4 Å². The van der Waals surface area contributed by atoms with Gasteiger partial charge in [-0.2, -0.15) is 5.10 Å². The number of hydrogen-bond acceptors (Lipinski definition) is 4. The van der Waals surface area contributed by atoms with E-state index < -0.39 is 5.82 Å². The van der Waals surface area contributed by atoms with Crippen LogP contribution in [-0.4, -0.2) is 27.3 Å². The minimum atomic E-state index is -0.551. The summed E-state index contributed by atoms with van der Waals surface area (Å²) in [4.78, 5) is 16.3. The maximum atomic E-state index is 13.7. The van der Waals surface area contributed by atoms with Crippen LogP contribution < -0.4 is 5.32 Å². The monoisotopic (exact) mass is 318 g/mol. The maximum absolute atomic E-state index is 13.7. The highest BCUT2D eigenvalue weighted by atomic mass is 19.1. The third kappa shape index (κ3) is 2.84. The Morgan fingerprint density at radius 1 is 1.48 bits per heavy atom. The van der Waals surface area contributed by atoms with Gasteiger partial charge in [0.15, 0.2) is 5.82 Å². The minimum Gasteiger partial charge on any atom is -0.373 e. The number of halogens is 1. The van der Waals surface area contributed by atoms with Crippen LogP contribution in [0, 0.1) is 25.6 Å². The molecule has 2 atom stereocenters. The summed E-state index contributed by atoms with van der Waals surface area (Å²) in [6.07, 6.45) is 2.76. The molecule has 1 aliphatic rings. The Hall–Kier alpha value is -2.28. The molecule has 1 N–H and O–H groups in total. The zero-order valence-electron chi connectivity index (χ0n) is 13.3. The van der Waals surface area contributed by atoms with Crippen molar-refractivity contribution in [3.8, 4) is 0 Å². The zero-order chi connectivity index (χ0) is 16.6. The van der Waals surface area contributed by atoms with Gasteiger partial charge in [0.25, 0.3) is 0 Å². The molecular formula is C16H19FN4O2. The van der Waals surface area contributed by atoms with Gasteiger partial charge < -0.3 is 10.1 Å². The average Bonchev–Trinajstić information content (AvgIpc) is 3.07. The number of nitrogens with zero attached hydrogens (tertiary/aromatic N) is 3. The summed E-state index contributed by atoms with van der Waals surface area (Å²) in [6.45, 7) is 4.35. The van der Waals surface area contributed by atoms with Crippen molar-refractivity contribution in [1.29, 1.82) is 0 Å². The first-order chi connectivity index (χ1) is 11.0. The van der Waals surface area contributed by atoms with Gasteiger partial charge in [-0.15, -0.1) is 0 Å². The van der Waals surface area contributed by atoms with E-state index in [-0.39, 0.29) is 23.6 Å². The molecule has 6 nitrogen and oxygen atoms in total. The third-order valence-corrected chi connectivity index (χ3v) is 4.31. The van der Waals surface area contributed by atoms with Gasteiger partial charge in [-0.25, -0.2) is 4.39 Å². The smallest absolute Gasteiger partial charge is 0.230 e. The van der Waals surface area contributed by atoms with E-state index in [9.17, 15) is 9.18 Å². The lowest BCUT2D eigenvalue weighted by molar-refractivity contribution is -0.121. The number of carbonyl (C=O) groups is 1. The molecule has 2 aromatic rings. The van der Waals surface area contributed by atoms with E-state index >= 15 is 0 Å². The topological polar surface area (TPSA) is 69.0 Å². The van der Waals surface area contributed by atoms with Gasteiger partial charge in [0.05, 0.1) is 29.6 Å². The van der Waals surface area contributed by atoms with Crippen molar-refractivity contribution >= 4 is 11.6 Å². The number of anilines is 1. The third-order valence-electron chi connectivity index (χ3n) is 4.31. The highest BCUT2D eigenvalue weighted by molar-refractivity contribution is 5.93. The van der Waals surface area contributed by atoms with Crippen LogP contribution in [0.25, 0.3) is 0 Å². The van der Waals surface area contributed by atoms with Gasteiger partial charge in [0.1, 0.15) is 0 Å². The number of hydrogen-bond donors (Lipinski definition) is 1. The Labute approximate surface area is 133 Å². The molecule has 23 heavy (non-hydrogen) atoms. The minimum absolute atomic E-state index is 0.135. The van der Waals surface area contributed by atoms with E-state index in [1.807, 2.05) is 20.9 Å². The van der Waals surface area contributed by atoms with E-state index in [1.165, 1.54) is 12.3 Å². The van der Waals surface area contributed by atoms with Crippen LogP contribution in [0.1, 0.15) is 29.5 Å². The quantitative estimate of drug-likeness (QED) is 0.943. The summed E-state index contributed by atoms with van der Waals surface area (Å²) in [5.41, 5.74) is 2.91. The summed E-state index contributed by atoms with van der Waals surface area (Å²) in [5, 5.41) is 7.02. The highest BCUT2D eigenvalue weighted by Crippen LogP contribution is 2.38. The van der Waals surface area contributed by atoms with E-state index in [2.05, 4.69) is 15.4 Å². The molecule has 0 saturated carbocycles. The Balaban J connectivity index is 1.84. The molecule has 0 radical (unpaired) electrons. The lowest BCUT2D eigenvalue weighted by Crippen LogP contribution is -2.26. The van der Waals surface area contributed by atoms with Crippen LogP contribution in [0.5, 0.6) is 0 Å². The van der Waals surface area contributed by atoms with Crippen LogP contribution in [0.3, 0.4) is 0 Å². The van der Waals surface area contributed by atoms with Gasteiger partial charge in [-0.3, -0.25) is 14.5 Å². The summed E-state index contributed by atoms with van der Waals surface area (Å²) in [5.74, 6) is -1.17. The molecule has 0 aliphatic carbocycles. The average molecular weight is 318 g/mol. The molecule has 1 aliphatic heterocycles. The van der Waals surface area contributed by atoms with Gasteiger partial charge in [-0.1, -0.05) is 0 Å². The number of aromatic nitrogens is 3. The molecular weight excluding hydrogens is 299 g/mol. The predicted octanol–water partition coefficient (Wildman–Crippen LogP) is 2.29. The molecule has 1 saturated heterocycles. The number of carbonyl (C=O) groups excluding carboxylic acids is 1. The number of amides is 1. The Bertz CT molecular complexity index is 744. The Morgan fingerprint density at radius 2 is 2.26 bits per heavy atom. The number of ether oxygens (including phenoxy) is 1. The van der Waals surface area contributed by atoms with Crippen LogP contribution in [0.2, 0.25) is 0 Å². The van der Waals surface area contributed by atoms with Gasteiger partial charge in [-0.05, 0) is 26.3 Å². The number of nitrogens with one attached hydrogen (secondary N) is 1. The zero-order valence-corrected chi connectivity index (χ0v) is 13.3. The molecule has 1 amide bonds. The molecule has 0 aromatic carbocycles. The van der Waals surface area contributed by atoms with E-state index in [4.69, 9.17) is 4.74 Å². The molecule has 3 rings (SSSR count). The lowest BCUT2D eigenvalue weighted by atomic mass is 9.93. The van der Waals surface area contributed by atoms with E-state index in [0.29, 0.717) is 13.0 Å². The van der Waals surface area contributed by atoms with Crippen LogP contribution in [-0.2, 0) is 16.6 Å². The molecule has 2 aromatic heterocycles. The maximum Gasteiger partial charge on any atom is 0.230 e. The normalized spacial score (nSPS) is 20.7. The molecule has 0 bridgehead atoms. The van der Waals surface area contributed by atoms with Gasteiger partial charge in [0.2, 0.25) is 5.91 Å². The second-order valence-electron chi connectivity index (χ2n) is 5.74. The van der Waals surface area contributed by atoms with Crippen LogP contribution in [0.15, 0.2) is 18.5 Å². The number of rotatable bonds is 3. The SMILES string of the molecule is Cc1nn(C)c(C)c1[C@H]1OCC[C@@H]1C(=O)Nc1ccncc1F. The number of pyridine rings is 1. The fraction of sp³-hybridized carbons (Fsp3) is 0.438. The van der Waals surface area contributed by atoms with Crippen LogP contribution >= 0.6 is 0 Å². The molecule has 122 valence electrons. The summed E-state index contributed by atoms with van der Waals surface area (Å²) < 4.78 is 21.2. The van der Waals surface area contributed by atoms with Crippen molar-refractivity contribution in [2.75, 3.05) is 11.9 Å². The lowest BCUT2D eigenvalue weighted by Gasteiger charge is -2.19. The molecule has 7 heteroatoms. The first kappa shape index (κ1) is 15.6. The van der Waals surface area contributed by atoms with Crippen LogP contribution in [0.4, 0.5) is 10.1 Å². The van der Waals surface area contributed by atoms with Crippen molar-refractivity contribution < 1.29 is 13.9 Å². The highest BCUT2D eigenvalue weighted by Gasteiger charge is 2.38.